The molecule has 15 rings (SSSR count). The van der Waals surface area contributed by atoms with E-state index in [-0.39, 0.29) is 33.3 Å². The Hall–Kier alpha value is -15.2. The van der Waals surface area contributed by atoms with Crippen LogP contribution in [0.5, 0.6) is 0 Å². The monoisotopic (exact) mass is 2220 g/mol. The SMILES string of the molecule is CC[C@@]1(N=[N+]=[N-])O[C@@](C)(n2ccc(=O)[nH]c2=O)[C@H](OC(=O)c2ccccc2)[C@@H]1C.CC[C@@]1(N=[N+]=[N-])O[C@@](C)(n2ccc(N)nc2=O)[C@H](OC(=O)c2ccccc2)[C@@H]1C.CC[C@@]1(N=[N+]=[N-])O[C@@](C)(n2ccc(NC(=O)c3ccccc3)nc2=O)[C@H](OC(=O)c2ccccc2)[C@@H]1C.C[C@@]1(n2ccc(=O)[nH]c2=O)O[C@@](CI)(N=[N+]=[N-])[C@@H](O)[C@H]1O.C[C@H]1[C@@H](OC(=O)c2ccccc2)[C@](C)(n2ccc(=O)[nH]c2=O)O[C@@]1(CI)N=[N+]=[N-]. The van der Waals surface area contributed by atoms with Crippen LogP contribution in [-0.4, -0.2) is 162 Å². The first kappa shape index (κ1) is 110. The van der Waals surface area contributed by atoms with Gasteiger partial charge in [-0.3, -0.25) is 57.0 Å². The van der Waals surface area contributed by atoms with Crippen LogP contribution in [0.1, 0.15) is 154 Å². The molecule has 0 unspecified atom stereocenters. The molecule has 8 N–H and O–H groups in total. The van der Waals surface area contributed by atoms with Gasteiger partial charge < -0.3 is 63.9 Å². The van der Waals surface area contributed by atoms with E-state index in [1.54, 1.807) is 228 Å². The molecule has 10 aromatic rings. The summed E-state index contributed by atoms with van der Waals surface area (Å²) in [5.74, 6) is -5.09. The lowest BCUT2D eigenvalue weighted by molar-refractivity contribution is -0.167. The van der Waals surface area contributed by atoms with Crippen LogP contribution in [0, 0.1) is 23.7 Å². The third-order valence-corrected chi connectivity index (χ3v) is 27.9. The number of alkyl halides is 2. The van der Waals surface area contributed by atoms with Crippen LogP contribution in [0.3, 0.4) is 0 Å². The van der Waals surface area contributed by atoms with Crippen LogP contribution in [-0.2, 0) is 71.3 Å². The van der Waals surface area contributed by atoms with Crippen molar-refractivity contribution in [2.24, 2.45) is 49.2 Å². The van der Waals surface area contributed by atoms with Crippen LogP contribution in [0.25, 0.3) is 52.2 Å². The Morgan fingerprint density at radius 3 is 0.924 bits per heavy atom. The molecular weight excluding hydrogens is 2120 g/mol. The maximum absolute atomic E-state index is 13.2. The summed E-state index contributed by atoms with van der Waals surface area (Å²) in [5.41, 5.74) is 32.1. The molecule has 760 valence electrons. The number of aromatic nitrogens is 10. The second-order valence-corrected chi connectivity index (χ2v) is 35.9. The minimum atomic E-state index is -1.71. The predicted octanol–water partition coefficient (Wildman–Crippen LogP) is 11.7. The summed E-state index contributed by atoms with van der Waals surface area (Å²) in [7, 11) is 0. The quantitative estimate of drug-likeness (QED) is 0.00531. The Morgan fingerprint density at radius 1 is 0.379 bits per heavy atom. The van der Waals surface area contributed by atoms with Gasteiger partial charge in [0.05, 0.1) is 22.3 Å². The van der Waals surface area contributed by atoms with Gasteiger partial charge in [0, 0.05) is 112 Å². The van der Waals surface area contributed by atoms with Crippen molar-refractivity contribution in [1.82, 2.24) is 47.8 Å². The lowest BCUT2D eigenvalue weighted by atomic mass is 9.90. The summed E-state index contributed by atoms with van der Waals surface area (Å²) in [6, 6.07) is 48.4. The van der Waals surface area contributed by atoms with Gasteiger partial charge in [0.25, 0.3) is 22.6 Å². The van der Waals surface area contributed by atoms with Crippen molar-refractivity contribution in [2.45, 2.75) is 196 Å². The number of nitrogens with one attached hydrogen (secondary N) is 4. The fourth-order valence-corrected chi connectivity index (χ4v) is 19.7. The highest BCUT2D eigenvalue weighted by atomic mass is 127. The number of nitrogens with zero attached hydrogens (tertiary/aromatic N) is 22. The number of carbonyl (C=O) groups excluding carboxylic acids is 5. The fraction of sp³-hybridized carbons (Fsp3) is 0.402. The van der Waals surface area contributed by atoms with Crippen molar-refractivity contribution < 1.29 is 76.8 Å². The Bertz CT molecular complexity index is 7070. The normalized spacial score (nSPS) is 28.5. The minimum absolute atomic E-state index is 0.0411. The number of anilines is 2. The molecule has 145 heavy (non-hydrogen) atoms. The van der Waals surface area contributed by atoms with Gasteiger partial charge in [0.1, 0.15) is 23.8 Å². The number of aromatic amines is 3. The zero-order chi connectivity index (χ0) is 106. The van der Waals surface area contributed by atoms with E-state index in [2.05, 4.69) is 75.4 Å². The molecule has 0 spiro atoms. The summed E-state index contributed by atoms with van der Waals surface area (Å²) in [4.78, 5) is 189. The second kappa shape index (κ2) is 45.6. The first-order chi connectivity index (χ1) is 68.8. The highest BCUT2D eigenvalue weighted by molar-refractivity contribution is 14.1. The molecule has 5 aliphatic heterocycles. The molecular formula is C92H99I2N27O24. The van der Waals surface area contributed by atoms with E-state index in [0.717, 1.165) is 38.1 Å². The van der Waals surface area contributed by atoms with Crippen LogP contribution in [0.15, 0.2) is 277 Å². The molecule has 0 radical (unpaired) electrons. The lowest BCUT2D eigenvalue weighted by Crippen LogP contribution is -2.50. The van der Waals surface area contributed by atoms with Crippen molar-refractivity contribution >= 4 is 86.6 Å². The maximum Gasteiger partial charge on any atom is 0.351 e. The van der Waals surface area contributed by atoms with Crippen LogP contribution >= 0.6 is 45.2 Å². The Labute approximate surface area is 847 Å². The van der Waals surface area contributed by atoms with Gasteiger partial charge in [0.15, 0.2) is 81.7 Å². The highest BCUT2D eigenvalue weighted by Gasteiger charge is 2.67. The van der Waals surface area contributed by atoms with Crippen LogP contribution in [0.2, 0.25) is 0 Å². The number of aliphatic hydroxyl groups is 2. The summed E-state index contributed by atoms with van der Waals surface area (Å²) in [5, 5.41) is 41.8. The summed E-state index contributed by atoms with van der Waals surface area (Å²) in [6.45, 7) is 19.9. The fourth-order valence-electron chi connectivity index (χ4n) is 17.9. The summed E-state index contributed by atoms with van der Waals surface area (Å²) >= 11 is 3.85. The van der Waals surface area contributed by atoms with Gasteiger partial charge in [-0.05, 0) is 154 Å². The number of amides is 1. The molecule has 5 aromatic heterocycles. The number of H-pyrrole nitrogens is 3. The van der Waals surface area contributed by atoms with E-state index >= 15 is 0 Å². The summed E-state index contributed by atoms with van der Waals surface area (Å²) < 4.78 is 59.4. The molecule has 20 atom stereocenters. The number of nitrogens with two attached hydrogens (primary N) is 1. The first-order valence-electron chi connectivity index (χ1n) is 44.5. The number of halogens is 2. The third kappa shape index (κ3) is 22.3. The number of esters is 4. The number of rotatable bonds is 25. The first-order valence-corrected chi connectivity index (χ1v) is 47.5. The number of hydrogen-bond acceptors (Lipinski definition) is 32. The number of nitrogen functional groups attached to an aromatic ring is 1. The Kier molecular flexibility index (Phi) is 34.6. The molecule has 53 heteroatoms. The molecule has 10 heterocycles. The topological polar surface area (TPSA) is 725 Å². The predicted molar refractivity (Wildman–Crippen MR) is 533 cm³/mol. The van der Waals surface area contributed by atoms with Gasteiger partial charge in [0.2, 0.25) is 0 Å². The van der Waals surface area contributed by atoms with Crippen molar-refractivity contribution in [3.05, 3.63) is 376 Å². The second-order valence-electron chi connectivity index (χ2n) is 34.3. The average molecular weight is 2220 g/mol. The largest absolute Gasteiger partial charge is 0.453 e. The van der Waals surface area contributed by atoms with Crippen molar-refractivity contribution in [3.8, 4) is 0 Å². The third-order valence-electron chi connectivity index (χ3n) is 25.7. The highest BCUT2D eigenvalue weighted by Crippen LogP contribution is 2.54. The molecule has 5 fully saturated rings. The molecule has 0 aliphatic carbocycles. The smallest absolute Gasteiger partial charge is 0.351 e. The van der Waals surface area contributed by atoms with Gasteiger partial charge >= 0.3 is 52.3 Å². The summed E-state index contributed by atoms with van der Waals surface area (Å²) in [6.07, 6.45) is 0.330. The number of benzene rings is 5. The molecule has 5 saturated heterocycles. The van der Waals surface area contributed by atoms with E-state index in [0.29, 0.717) is 34.2 Å². The van der Waals surface area contributed by atoms with Crippen molar-refractivity contribution in [2.75, 3.05) is 19.9 Å². The van der Waals surface area contributed by atoms with Crippen LogP contribution in [0.4, 0.5) is 11.6 Å². The molecule has 51 nitrogen and oxygen atoms in total. The molecule has 5 aliphatic rings. The maximum atomic E-state index is 13.2. The number of hydrogen-bond donors (Lipinski definition) is 7. The van der Waals surface area contributed by atoms with Gasteiger partial charge in [-0.25, -0.2) is 43.2 Å². The van der Waals surface area contributed by atoms with Gasteiger partial charge in [-0.1, -0.05) is 210 Å². The van der Waals surface area contributed by atoms with Gasteiger partial charge in [-0.15, -0.1) is 0 Å². The van der Waals surface area contributed by atoms with E-state index in [1.165, 1.54) is 53.0 Å². The number of aliphatic hydroxyl groups excluding tert-OH is 2. The number of carbonyl (C=O) groups is 5. The standard InChI is InChI=1S/C26H26N6O5.C19H22N6O4.C19H21N5O5.C18H18IN5O5.C10H12IN5O5/c1-4-26(30-31-27)17(2)21(36-23(34)19-13-9-6-10-14-19)25(3,37-26)32-16-15-20(29-24(32)35)28-22(33)18-11-7-5-8-12-18;1-4-19(23-24-21)12(2)15(28-16(26)13-8-6-5-7-9-13)18(3,29-19)25-11-10-14(20)22-17(25)27;1-4-19(22-23-20)12(2)15(28-16(26)13-8-6-5-7-9-13)18(3,29-19)24-11-10-14(25)21-17(24)27;1-11-14(28-15(26)12-6-4-3-5-7-12)17(2,29-18(11,10-19)22-23-20)24-9-8-13(25)21-16(24)27;1-9(16-3-2-5(17)13-8(16)20)6(18)7(19)10(4-11,21-9)14-15-12/h5-17,21H,4H2,1-3H3,(H,28,29,33,35);5-12,15H,4H2,1-3H3,(H2,20,22,27);5-12,15H,4H2,1-3H3,(H,21,25,27);3-9,11,14H,10H2,1-2H3,(H,21,25,27);2-3,6-7,18-19H,4H2,1H3,(H,13,17,20)/t17-,21+,25+,26+;2*12-,15+,18+,19+;11-,14+,17+,18+;6-,7+,9-,10-/m00001/s1. The molecule has 0 bridgehead atoms. The zero-order valence-electron chi connectivity index (χ0n) is 79.6. The van der Waals surface area contributed by atoms with E-state index in [4.69, 9.17) is 70.5 Å². The lowest BCUT2D eigenvalue weighted by Gasteiger charge is -2.33. The van der Waals surface area contributed by atoms with E-state index in [9.17, 15) is 78.1 Å². The number of azide groups is 5. The molecule has 5 aromatic carbocycles. The van der Waals surface area contributed by atoms with Crippen molar-refractivity contribution in [3.63, 3.8) is 0 Å². The average Bonchev–Trinajstić information content (AvgIpc) is 1.59. The van der Waals surface area contributed by atoms with E-state index < -0.39 is 192 Å². The van der Waals surface area contributed by atoms with Crippen molar-refractivity contribution in [1.29, 1.82) is 0 Å². The zero-order valence-corrected chi connectivity index (χ0v) is 83.9. The Balaban J connectivity index is 0.000000174. The Morgan fingerprint density at radius 2 is 0.634 bits per heavy atom. The molecule has 0 saturated carbocycles. The number of ether oxygens (including phenoxy) is 9. The van der Waals surface area contributed by atoms with Crippen LogP contribution < -0.4 is 56.2 Å². The molecule has 1 amide bonds. The van der Waals surface area contributed by atoms with Gasteiger partial charge in [-0.2, -0.15) is 9.97 Å². The minimum Gasteiger partial charge on any atom is -0.453 e. The van der Waals surface area contributed by atoms with E-state index in [1.807, 2.05) is 50.2 Å².